The van der Waals surface area contributed by atoms with Gasteiger partial charge in [0.15, 0.2) is 0 Å². The Labute approximate surface area is 118 Å². The zero-order chi connectivity index (χ0) is 14.3. The summed E-state index contributed by atoms with van der Waals surface area (Å²) < 4.78 is 19.0. The van der Waals surface area contributed by atoms with Crippen LogP contribution >= 0.6 is 0 Å². The van der Waals surface area contributed by atoms with Crippen LogP contribution in [0.5, 0.6) is 0 Å². The first-order chi connectivity index (χ1) is 9.53. The summed E-state index contributed by atoms with van der Waals surface area (Å²) in [7, 11) is 3.99. The van der Waals surface area contributed by atoms with Crippen molar-refractivity contribution in [3.63, 3.8) is 0 Å². The number of rotatable bonds is 3. The van der Waals surface area contributed by atoms with E-state index in [2.05, 4.69) is 4.90 Å². The second-order valence-corrected chi connectivity index (χ2v) is 5.94. The summed E-state index contributed by atoms with van der Waals surface area (Å²) >= 11 is 0. The summed E-state index contributed by atoms with van der Waals surface area (Å²) in [4.78, 5) is 2.10. The second-order valence-electron chi connectivity index (χ2n) is 5.94. The van der Waals surface area contributed by atoms with E-state index < -0.39 is 6.10 Å². The summed E-state index contributed by atoms with van der Waals surface area (Å²) in [6, 6.07) is 6.18. The Kier molecular flexibility index (Phi) is 3.30. The van der Waals surface area contributed by atoms with Crippen molar-refractivity contribution < 1.29 is 13.9 Å². The normalized spacial score (nSPS) is 19.9. The molecule has 1 atom stereocenters. The Morgan fingerprint density at radius 1 is 1.25 bits per heavy atom. The number of likely N-dealkylation sites (N-methyl/N-ethyl adjacent to an activating group) is 1. The van der Waals surface area contributed by atoms with Crippen molar-refractivity contribution in [3.8, 4) is 0 Å². The number of hydrogen-bond acceptors (Lipinski definition) is 3. The molecular formula is C16H20FNO2. The van der Waals surface area contributed by atoms with Gasteiger partial charge in [-0.3, -0.25) is 0 Å². The van der Waals surface area contributed by atoms with Crippen molar-refractivity contribution in [2.24, 2.45) is 0 Å². The first-order valence-electron chi connectivity index (χ1n) is 7.07. The van der Waals surface area contributed by atoms with Gasteiger partial charge in [0.1, 0.15) is 23.3 Å². The highest BCUT2D eigenvalue weighted by Crippen LogP contribution is 2.44. The van der Waals surface area contributed by atoms with E-state index in [4.69, 9.17) is 4.42 Å². The molecule has 20 heavy (non-hydrogen) atoms. The molecule has 1 saturated carbocycles. The third kappa shape index (κ3) is 2.03. The van der Waals surface area contributed by atoms with Gasteiger partial charge in [-0.2, -0.15) is 0 Å². The zero-order valence-electron chi connectivity index (χ0n) is 11.9. The summed E-state index contributed by atoms with van der Waals surface area (Å²) in [5.41, 5.74) is 0.347. The van der Waals surface area contributed by atoms with Crippen molar-refractivity contribution >= 4 is 11.0 Å². The number of benzene rings is 1. The van der Waals surface area contributed by atoms with E-state index in [-0.39, 0.29) is 11.4 Å². The lowest BCUT2D eigenvalue weighted by Crippen LogP contribution is -2.46. The van der Waals surface area contributed by atoms with Crippen LogP contribution in [-0.2, 0) is 0 Å². The molecule has 0 radical (unpaired) electrons. The molecule has 0 bridgehead atoms. The van der Waals surface area contributed by atoms with E-state index in [1.165, 1.54) is 12.1 Å². The van der Waals surface area contributed by atoms with Gasteiger partial charge in [0.2, 0.25) is 0 Å². The minimum atomic E-state index is -0.685. The minimum absolute atomic E-state index is 0.271. The monoisotopic (exact) mass is 277 g/mol. The van der Waals surface area contributed by atoms with Gasteiger partial charge in [-0.1, -0.05) is 12.8 Å². The molecule has 3 nitrogen and oxygen atoms in total. The quantitative estimate of drug-likeness (QED) is 0.933. The lowest BCUT2D eigenvalue weighted by Gasteiger charge is -2.39. The number of hydrogen-bond donors (Lipinski definition) is 1. The van der Waals surface area contributed by atoms with Crippen LogP contribution in [0.4, 0.5) is 4.39 Å². The molecular weight excluding hydrogens is 257 g/mol. The Morgan fingerprint density at radius 2 is 1.95 bits per heavy atom. The van der Waals surface area contributed by atoms with Gasteiger partial charge in [0.05, 0.1) is 5.54 Å². The van der Waals surface area contributed by atoms with E-state index >= 15 is 0 Å². The Balaban J connectivity index is 2.00. The number of aliphatic hydroxyl groups excluding tert-OH is 1. The molecule has 1 unspecified atom stereocenters. The summed E-state index contributed by atoms with van der Waals surface area (Å²) in [6.45, 7) is 0. The molecule has 4 heteroatoms. The summed E-state index contributed by atoms with van der Waals surface area (Å²) in [6.07, 6.45) is 3.45. The molecule has 2 aromatic rings. The van der Waals surface area contributed by atoms with Crippen LogP contribution in [0.2, 0.25) is 0 Å². The molecule has 1 fully saturated rings. The van der Waals surface area contributed by atoms with Gasteiger partial charge in [0.25, 0.3) is 0 Å². The molecule has 0 amide bonds. The van der Waals surface area contributed by atoms with Gasteiger partial charge >= 0.3 is 0 Å². The fourth-order valence-electron chi connectivity index (χ4n) is 3.39. The van der Waals surface area contributed by atoms with Crippen molar-refractivity contribution in [1.29, 1.82) is 0 Å². The highest BCUT2D eigenvalue weighted by molar-refractivity contribution is 5.78. The van der Waals surface area contributed by atoms with E-state index in [0.717, 1.165) is 25.7 Å². The lowest BCUT2D eigenvalue weighted by atomic mass is 9.87. The molecule has 3 rings (SSSR count). The number of nitrogens with zero attached hydrogens (tertiary/aromatic N) is 1. The molecule has 1 aromatic heterocycles. The van der Waals surface area contributed by atoms with Crippen LogP contribution in [-0.4, -0.2) is 29.6 Å². The number of furan rings is 1. The van der Waals surface area contributed by atoms with Crippen molar-refractivity contribution in [2.45, 2.75) is 37.3 Å². The van der Waals surface area contributed by atoms with Crippen LogP contribution in [0, 0.1) is 5.82 Å². The molecule has 0 aliphatic heterocycles. The van der Waals surface area contributed by atoms with E-state index in [0.29, 0.717) is 16.7 Å². The molecule has 108 valence electrons. The SMILES string of the molecule is CN(C)C1(C(O)c2cc3cc(F)ccc3o2)CCCC1. The third-order valence-corrected chi connectivity index (χ3v) is 4.64. The largest absolute Gasteiger partial charge is 0.458 e. The Bertz CT molecular complexity index is 614. The van der Waals surface area contributed by atoms with Crippen molar-refractivity contribution in [3.05, 3.63) is 35.8 Å². The summed E-state index contributed by atoms with van der Waals surface area (Å²) in [5, 5.41) is 11.5. The highest BCUT2D eigenvalue weighted by atomic mass is 19.1. The smallest absolute Gasteiger partial charge is 0.135 e. The topological polar surface area (TPSA) is 36.6 Å². The molecule has 1 heterocycles. The molecule has 1 N–H and O–H groups in total. The molecule has 1 aromatic carbocycles. The van der Waals surface area contributed by atoms with Gasteiger partial charge in [0, 0.05) is 5.39 Å². The predicted molar refractivity (Wildman–Crippen MR) is 76.0 cm³/mol. The lowest BCUT2D eigenvalue weighted by molar-refractivity contribution is -0.0163. The van der Waals surface area contributed by atoms with E-state index in [1.807, 2.05) is 14.1 Å². The Morgan fingerprint density at radius 3 is 2.60 bits per heavy atom. The zero-order valence-corrected chi connectivity index (χ0v) is 11.9. The van der Waals surface area contributed by atoms with Crippen LogP contribution in [0.25, 0.3) is 11.0 Å². The van der Waals surface area contributed by atoms with E-state index in [1.54, 1.807) is 12.1 Å². The average molecular weight is 277 g/mol. The first-order valence-corrected chi connectivity index (χ1v) is 7.07. The van der Waals surface area contributed by atoms with Crippen LogP contribution in [0.15, 0.2) is 28.7 Å². The number of halogens is 1. The first kappa shape index (κ1) is 13.6. The van der Waals surface area contributed by atoms with Gasteiger partial charge in [-0.05, 0) is 51.2 Å². The van der Waals surface area contributed by atoms with Crippen LogP contribution in [0.3, 0.4) is 0 Å². The Hall–Kier alpha value is -1.39. The van der Waals surface area contributed by atoms with Gasteiger partial charge < -0.3 is 14.4 Å². The fourth-order valence-corrected chi connectivity index (χ4v) is 3.39. The maximum Gasteiger partial charge on any atom is 0.135 e. The van der Waals surface area contributed by atoms with Crippen molar-refractivity contribution in [2.75, 3.05) is 14.1 Å². The maximum atomic E-state index is 13.2. The average Bonchev–Trinajstić information content (AvgIpc) is 3.04. The van der Waals surface area contributed by atoms with E-state index in [9.17, 15) is 9.50 Å². The van der Waals surface area contributed by atoms with Gasteiger partial charge in [-0.15, -0.1) is 0 Å². The minimum Gasteiger partial charge on any atom is -0.458 e. The molecule has 0 spiro atoms. The van der Waals surface area contributed by atoms with Crippen LogP contribution in [0.1, 0.15) is 37.5 Å². The standard InChI is InChI=1S/C16H20FNO2/c1-18(2)16(7-3-4-8-16)15(19)14-10-11-9-12(17)5-6-13(11)20-14/h5-6,9-10,15,19H,3-4,7-8H2,1-2H3. The fraction of sp³-hybridized carbons (Fsp3) is 0.500. The van der Waals surface area contributed by atoms with Crippen LogP contribution < -0.4 is 0 Å². The maximum absolute atomic E-state index is 13.2. The third-order valence-electron chi connectivity index (χ3n) is 4.64. The van der Waals surface area contributed by atoms with Gasteiger partial charge in [-0.25, -0.2) is 4.39 Å². The highest BCUT2D eigenvalue weighted by Gasteiger charge is 2.44. The number of aliphatic hydroxyl groups is 1. The predicted octanol–water partition coefficient (Wildman–Crippen LogP) is 3.48. The molecule has 0 saturated heterocycles. The van der Waals surface area contributed by atoms with Crippen molar-refractivity contribution in [1.82, 2.24) is 4.90 Å². The molecule has 1 aliphatic carbocycles. The summed E-state index contributed by atoms with van der Waals surface area (Å²) in [5.74, 6) is 0.240. The molecule has 1 aliphatic rings. The second kappa shape index (κ2) is 4.86. The number of fused-ring (bicyclic) bond motifs is 1.